The molecule has 1 heterocycles. The van der Waals surface area contributed by atoms with E-state index in [1.165, 1.54) is 0 Å². The van der Waals surface area contributed by atoms with Crippen molar-refractivity contribution >= 4 is 21.6 Å². The molecule has 0 aliphatic heterocycles. The zero-order valence-corrected chi connectivity index (χ0v) is 10.7. The van der Waals surface area contributed by atoms with Gasteiger partial charge < -0.3 is 9.73 Å². The van der Waals surface area contributed by atoms with Gasteiger partial charge in [0.2, 0.25) is 0 Å². The Hall–Kier alpha value is -1.22. The highest BCUT2D eigenvalue weighted by Crippen LogP contribution is 2.23. The fourth-order valence-electron chi connectivity index (χ4n) is 1.61. The van der Waals surface area contributed by atoms with E-state index in [0.29, 0.717) is 0 Å². The predicted octanol–water partition coefficient (Wildman–Crippen LogP) is 4.61. The fourth-order valence-corrected chi connectivity index (χ4v) is 1.88. The van der Waals surface area contributed by atoms with Crippen molar-refractivity contribution < 1.29 is 4.42 Å². The topological polar surface area (TPSA) is 25.2 Å². The smallest absolute Gasteiger partial charge is 0.125 e. The van der Waals surface area contributed by atoms with Crippen molar-refractivity contribution in [2.45, 2.75) is 19.4 Å². The molecule has 0 aliphatic carbocycles. The molecular weight excluding hydrogens is 266 g/mol. The first kappa shape index (κ1) is 11.3. The molecule has 0 fully saturated rings. The molecule has 0 aliphatic rings. The molecule has 1 aromatic heterocycles. The quantitative estimate of drug-likeness (QED) is 0.885. The first-order chi connectivity index (χ1) is 7.79. The lowest BCUT2D eigenvalue weighted by molar-refractivity contribution is 0.474. The average molecular weight is 280 g/mol. The molecule has 1 unspecified atom stereocenters. The third-order valence-electron chi connectivity index (χ3n) is 2.48. The normalized spacial score (nSPS) is 12.4. The van der Waals surface area contributed by atoms with Crippen molar-refractivity contribution in [2.24, 2.45) is 0 Å². The molecule has 2 rings (SSSR count). The van der Waals surface area contributed by atoms with Gasteiger partial charge in [-0.1, -0.05) is 22.9 Å². The maximum absolute atomic E-state index is 5.41. The first-order valence-electron chi connectivity index (χ1n) is 5.35. The van der Waals surface area contributed by atoms with Crippen molar-refractivity contribution in [3.05, 3.63) is 52.9 Å². The second-order valence-corrected chi connectivity index (χ2v) is 4.54. The highest BCUT2D eigenvalue weighted by Gasteiger charge is 2.11. The summed E-state index contributed by atoms with van der Waals surface area (Å²) in [5, 5.41) is 3.44. The van der Waals surface area contributed by atoms with E-state index >= 15 is 0 Å². The SMILES string of the molecule is CCC(Nc1ccc(Br)cc1)c1ccco1. The molecular formula is C13H14BrNO. The molecule has 0 spiro atoms. The number of nitrogens with one attached hydrogen (secondary N) is 1. The van der Waals surface area contributed by atoms with Crippen LogP contribution in [0.3, 0.4) is 0 Å². The Bertz CT molecular complexity index is 422. The van der Waals surface area contributed by atoms with Gasteiger partial charge in [0.05, 0.1) is 12.3 Å². The van der Waals surface area contributed by atoms with Crippen molar-refractivity contribution in [3.63, 3.8) is 0 Å². The van der Waals surface area contributed by atoms with Crippen LogP contribution in [0, 0.1) is 0 Å². The fraction of sp³-hybridized carbons (Fsp3) is 0.231. The largest absolute Gasteiger partial charge is 0.467 e. The maximum Gasteiger partial charge on any atom is 0.125 e. The molecule has 1 N–H and O–H groups in total. The Labute approximate surface area is 104 Å². The summed E-state index contributed by atoms with van der Waals surface area (Å²) >= 11 is 3.42. The van der Waals surface area contributed by atoms with E-state index in [1.807, 2.05) is 24.3 Å². The first-order valence-corrected chi connectivity index (χ1v) is 6.14. The summed E-state index contributed by atoms with van der Waals surface area (Å²) in [6.07, 6.45) is 2.70. The highest BCUT2D eigenvalue weighted by molar-refractivity contribution is 9.10. The van der Waals surface area contributed by atoms with Crippen LogP contribution in [0.1, 0.15) is 25.1 Å². The Kier molecular flexibility index (Phi) is 3.67. The van der Waals surface area contributed by atoms with E-state index in [9.17, 15) is 0 Å². The van der Waals surface area contributed by atoms with Gasteiger partial charge in [-0.2, -0.15) is 0 Å². The van der Waals surface area contributed by atoms with Gasteiger partial charge in [-0.25, -0.2) is 0 Å². The number of anilines is 1. The molecule has 84 valence electrons. The maximum atomic E-state index is 5.41. The van der Waals surface area contributed by atoms with E-state index in [0.717, 1.165) is 22.3 Å². The molecule has 2 aromatic rings. The Balaban J connectivity index is 2.10. The molecule has 1 aromatic carbocycles. The van der Waals surface area contributed by atoms with Crippen LogP contribution in [-0.4, -0.2) is 0 Å². The molecule has 0 saturated carbocycles. The lowest BCUT2D eigenvalue weighted by atomic mass is 10.1. The molecule has 16 heavy (non-hydrogen) atoms. The van der Waals surface area contributed by atoms with Gasteiger partial charge in [0, 0.05) is 10.2 Å². The Morgan fingerprint density at radius 2 is 2.00 bits per heavy atom. The van der Waals surface area contributed by atoms with Crippen LogP contribution in [0.2, 0.25) is 0 Å². The molecule has 0 bridgehead atoms. The van der Waals surface area contributed by atoms with Crippen LogP contribution < -0.4 is 5.32 Å². The van der Waals surface area contributed by atoms with E-state index in [-0.39, 0.29) is 6.04 Å². The molecule has 1 atom stereocenters. The standard InChI is InChI=1S/C13H14BrNO/c1-2-12(13-4-3-9-16-13)15-11-7-5-10(14)6-8-11/h3-9,12,15H,2H2,1H3. The summed E-state index contributed by atoms with van der Waals surface area (Å²) in [6, 6.07) is 12.3. The number of benzene rings is 1. The van der Waals surface area contributed by atoms with Gasteiger partial charge in [0.1, 0.15) is 5.76 Å². The summed E-state index contributed by atoms with van der Waals surface area (Å²) in [5.41, 5.74) is 1.10. The van der Waals surface area contributed by atoms with Crippen molar-refractivity contribution in [3.8, 4) is 0 Å². The Morgan fingerprint density at radius 1 is 1.25 bits per heavy atom. The predicted molar refractivity (Wildman–Crippen MR) is 69.5 cm³/mol. The zero-order chi connectivity index (χ0) is 11.4. The summed E-state index contributed by atoms with van der Waals surface area (Å²) in [5.74, 6) is 0.977. The second kappa shape index (κ2) is 5.21. The van der Waals surface area contributed by atoms with Gasteiger partial charge in [-0.3, -0.25) is 0 Å². The molecule has 0 saturated heterocycles. The minimum absolute atomic E-state index is 0.233. The van der Waals surface area contributed by atoms with Gasteiger partial charge in [-0.15, -0.1) is 0 Å². The third kappa shape index (κ3) is 2.67. The number of hydrogen-bond acceptors (Lipinski definition) is 2. The number of furan rings is 1. The van der Waals surface area contributed by atoms with Crippen LogP contribution in [-0.2, 0) is 0 Å². The van der Waals surface area contributed by atoms with E-state index in [2.05, 4.69) is 40.3 Å². The zero-order valence-electron chi connectivity index (χ0n) is 9.11. The van der Waals surface area contributed by atoms with E-state index < -0.39 is 0 Å². The second-order valence-electron chi connectivity index (χ2n) is 3.63. The van der Waals surface area contributed by atoms with Crippen LogP contribution in [0.5, 0.6) is 0 Å². The molecule has 0 amide bonds. The van der Waals surface area contributed by atoms with Crippen LogP contribution in [0.15, 0.2) is 51.6 Å². The third-order valence-corrected chi connectivity index (χ3v) is 3.01. The number of rotatable bonds is 4. The van der Waals surface area contributed by atoms with Crippen LogP contribution in [0.25, 0.3) is 0 Å². The highest BCUT2D eigenvalue weighted by atomic mass is 79.9. The summed E-state index contributed by atoms with van der Waals surface area (Å²) in [7, 11) is 0. The van der Waals surface area contributed by atoms with Crippen molar-refractivity contribution in [1.29, 1.82) is 0 Å². The van der Waals surface area contributed by atoms with Gasteiger partial charge in [0.25, 0.3) is 0 Å². The number of halogens is 1. The monoisotopic (exact) mass is 279 g/mol. The summed E-state index contributed by atoms with van der Waals surface area (Å²) in [4.78, 5) is 0. The number of hydrogen-bond donors (Lipinski definition) is 1. The summed E-state index contributed by atoms with van der Waals surface area (Å²) in [6.45, 7) is 2.14. The minimum Gasteiger partial charge on any atom is -0.467 e. The Morgan fingerprint density at radius 3 is 2.56 bits per heavy atom. The molecule has 3 heteroatoms. The summed E-state index contributed by atoms with van der Waals surface area (Å²) < 4.78 is 6.50. The van der Waals surface area contributed by atoms with Gasteiger partial charge in [-0.05, 0) is 42.8 Å². The lowest BCUT2D eigenvalue weighted by Crippen LogP contribution is -2.08. The average Bonchev–Trinajstić information content (AvgIpc) is 2.82. The van der Waals surface area contributed by atoms with Crippen LogP contribution >= 0.6 is 15.9 Å². The lowest BCUT2D eigenvalue weighted by Gasteiger charge is -2.15. The van der Waals surface area contributed by atoms with E-state index in [1.54, 1.807) is 6.26 Å². The van der Waals surface area contributed by atoms with Crippen molar-refractivity contribution in [1.82, 2.24) is 0 Å². The minimum atomic E-state index is 0.233. The molecule has 2 nitrogen and oxygen atoms in total. The van der Waals surface area contributed by atoms with Gasteiger partial charge >= 0.3 is 0 Å². The molecule has 0 radical (unpaired) electrons. The van der Waals surface area contributed by atoms with Gasteiger partial charge in [0.15, 0.2) is 0 Å². The van der Waals surface area contributed by atoms with Crippen LogP contribution in [0.4, 0.5) is 5.69 Å². The van der Waals surface area contributed by atoms with Crippen molar-refractivity contribution in [2.75, 3.05) is 5.32 Å². The van der Waals surface area contributed by atoms with E-state index in [4.69, 9.17) is 4.42 Å².